The minimum atomic E-state index is 0.457. The van der Waals surface area contributed by atoms with Crippen LogP contribution in [-0.4, -0.2) is 25.3 Å². The number of hydrogen-bond acceptors (Lipinski definition) is 2. The first kappa shape index (κ1) is 8.02. The molecule has 1 saturated heterocycles. The fourth-order valence-corrected chi connectivity index (χ4v) is 1.39. The smallest absolute Gasteiger partial charge is 0.0725 e. The van der Waals surface area contributed by atoms with Crippen molar-refractivity contribution in [1.29, 1.82) is 0 Å². The van der Waals surface area contributed by atoms with Crippen LogP contribution in [0.4, 0.5) is 0 Å². The second kappa shape index (κ2) is 3.94. The number of morpholine rings is 1. The molecular weight excluding hydrogens is 126 g/mol. The van der Waals surface area contributed by atoms with Gasteiger partial charge in [-0.25, -0.2) is 0 Å². The lowest BCUT2D eigenvalue weighted by Gasteiger charge is -2.29. The van der Waals surface area contributed by atoms with Gasteiger partial charge in [0.2, 0.25) is 0 Å². The van der Waals surface area contributed by atoms with Gasteiger partial charge in [0.15, 0.2) is 0 Å². The van der Waals surface area contributed by atoms with Crippen LogP contribution in [0.1, 0.15) is 26.7 Å². The van der Waals surface area contributed by atoms with Crippen molar-refractivity contribution < 1.29 is 4.74 Å². The van der Waals surface area contributed by atoms with Crippen LogP contribution >= 0.6 is 0 Å². The van der Waals surface area contributed by atoms with Gasteiger partial charge >= 0.3 is 0 Å². The van der Waals surface area contributed by atoms with E-state index in [4.69, 9.17) is 4.74 Å². The zero-order valence-corrected chi connectivity index (χ0v) is 6.89. The van der Waals surface area contributed by atoms with Crippen molar-refractivity contribution in [3.63, 3.8) is 0 Å². The minimum Gasteiger partial charge on any atom is -0.375 e. The van der Waals surface area contributed by atoms with Gasteiger partial charge < -0.3 is 10.1 Å². The van der Waals surface area contributed by atoms with Crippen LogP contribution in [0.2, 0.25) is 0 Å². The summed E-state index contributed by atoms with van der Waals surface area (Å²) in [6.45, 7) is 6.29. The first-order valence-electron chi connectivity index (χ1n) is 4.19. The molecule has 0 amide bonds. The van der Waals surface area contributed by atoms with Crippen LogP contribution in [0.3, 0.4) is 0 Å². The Bertz CT molecular complexity index is 93.3. The van der Waals surface area contributed by atoms with Crippen molar-refractivity contribution in [3.05, 3.63) is 0 Å². The van der Waals surface area contributed by atoms with Gasteiger partial charge in [-0.2, -0.15) is 0 Å². The molecule has 0 radical (unpaired) electrons. The van der Waals surface area contributed by atoms with E-state index in [9.17, 15) is 0 Å². The molecule has 0 saturated carbocycles. The standard InChI is InChI=1S/C8H17NO/c1-3-4-8-7(2)9-5-6-10-8/h7-9H,3-6H2,1-2H3/t7-,8+/m0/s1. The molecule has 60 valence electrons. The lowest BCUT2D eigenvalue weighted by atomic mass is 10.1. The van der Waals surface area contributed by atoms with E-state index in [1.807, 2.05) is 0 Å². The molecule has 0 aromatic carbocycles. The topological polar surface area (TPSA) is 21.3 Å². The molecule has 2 atom stereocenters. The summed E-state index contributed by atoms with van der Waals surface area (Å²) in [5.41, 5.74) is 0. The van der Waals surface area contributed by atoms with Crippen molar-refractivity contribution in [2.75, 3.05) is 13.2 Å². The van der Waals surface area contributed by atoms with Crippen LogP contribution in [0, 0.1) is 0 Å². The average Bonchev–Trinajstić information content (AvgIpc) is 1.94. The fraction of sp³-hybridized carbons (Fsp3) is 1.00. The van der Waals surface area contributed by atoms with Crippen LogP contribution in [-0.2, 0) is 4.74 Å². The predicted molar refractivity (Wildman–Crippen MR) is 42.1 cm³/mol. The molecule has 0 unspecified atom stereocenters. The van der Waals surface area contributed by atoms with Gasteiger partial charge in [-0.05, 0) is 13.3 Å². The van der Waals surface area contributed by atoms with Gasteiger partial charge in [-0.1, -0.05) is 13.3 Å². The Morgan fingerprint density at radius 3 is 3.00 bits per heavy atom. The highest BCUT2D eigenvalue weighted by atomic mass is 16.5. The van der Waals surface area contributed by atoms with Gasteiger partial charge in [-0.15, -0.1) is 0 Å². The zero-order chi connectivity index (χ0) is 7.40. The van der Waals surface area contributed by atoms with E-state index >= 15 is 0 Å². The Morgan fingerprint density at radius 1 is 1.60 bits per heavy atom. The molecule has 10 heavy (non-hydrogen) atoms. The second-order valence-electron chi connectivity index (χ2n) is 2.94. The molecule has 1 rings (SSSR count). The molecule has 2 heteroatoms. The molecular formula is C8H17NO. The zero-order valence-electron chi connectivity index (χ0n) is 6.89. The van der Waals surface area contributed by atoms with Crippen LogP contribution < -0.4 is 5.32 Å². The van der Waals surface area contributed by atoms with Gasteiger partial charge in [-0.3, -0.25) is 0 Å². The van der Waals surface area contributed by atoms with Crippen LogP contribution in [0.5, 0.6) is 0 Å². The van der Waals surface area contributed by atoms with Crippen molar-refractivity contribution in [2.45, 2.75) is 38.8 Å². The third-order valence-corrected chi connectivity index (χ3v) is 2.03. The average molecular weight is 143 g/mol. The van der Waals surface area contributed by atoms with E-state index < -0.39 is 0 Å². The number of nitrogens with one attached hydrogen (secondary N) is 1. The molecule has 1 aliphatic rings. The van der Waals surface area contributed by atoms with Crippen molar-refractivity contribution >= 4 is 0 Å². The highest BCUT2D eigenvalue weighted by Crippen LogP contribution is 2.09. The summed E-state index contributed by atoms with van der Waals surface area (Å²) in [5.74, 6) is 0. The van der Waals surface area contributed by atoms with E-state index in [0.29, 0.717) is 12.1 Å². The molecule has 1 aliphatic heterocycles. The summed E-state index contributed by atoms with van der Waals surface area (Å²) < 4.78 is 5.57. The summed E-state index contributed by atoms with van der Waals surface area (Å²) >= 11 is 0. The van der Waals surface area contributed by atoms with Crippen molar-refractivity contribution in [3.8, 4) is 0 Å². The normalized spacial score (nSPS) is 34.2. The largest absolute Gasteiger partial charge is 0.375 e. The third-order valence-electron chi connectivity index (χ3n) is 2.03. The van der Waals surface area contributed by atoms with Gasteiger partial charge in [0.1, 0.15) is 0 Å². The highest BCUT2D eigenvalue weighted by molar-refractivity contribution is 4.75. The SMILES string of the molecule is CCC[C@H]1OCCN[C@H]1C. The molecule has 0 aromatic heterocycles. The fourth-order valence-electron chi connectivity index (χ4n) is 1.39. The molecule has 0 bridgehead atoms. The summed E-state index contributed by atoms with van der Waals surface area (Å²) in [5, 5.41) is 3.39. The Morgan fingerprint density at radius 2 is 2.40 bits per heavy atom. The van der Waals surface area contributed by atoms with Crippen LogP contribution in [0.15, 0.2) is 0 Å². The molecule has 0 spiro atoms. The van der Waals surface area contributed by atoms with E-state index in [0.717, 1.165) is 13.2 Å². The Labute approximate surface area is 63.0 Å². The maximum atomic E-state index is 5.57. The van der Waals surface area contributed by atoms with Crippen molar-refractivity contribution in [1.82, 2.24) is 5.32 Å². The van der Waals surface area contributed by atoms with Crippen LogP contribution in [0.25, 0.3) is 0 Å². The maximum absolute atomic E-state index is 5.57. The third kappa shape index (κ3) is 1.96. The molecule has 2 nitrogen and oxygen atoms in total. The Kier molecular flexibility index (Phi) is 3.16. The predicted octanol–water partition coefficient (Wildman–Crippen LogP) is 1.16. The first-order chi connectivity index (χ1) is 4.84. The molecule has 1 heterocycles. The van der Waals surface area contributed by atoms with E-state index in [1.54, 1.807) is 0 Å². The van der Waals surface area contributed by atoms with Gasteiger partial charge in [0, 0.05) is 12.6 Å². The highest BCUT2D eigenvalue weighted by Gasteiger charge is 2.19. The van der Waals surface area contributed by atoms with E-state index in [2.05, 4.69) is 19.2 Å². The van der Waals surface area contributed by atoms with Gasteiger partial charge in [0.25, 0.3) is 0 Å². The number of ether oxygens (including phenoxy) is 1. The second-order valence-corrected chi connectivity index (χ2v) is 2.94. The summed E-state index contributed by atoms with van der Waals surface area (Å²) in [4.78, 5) is 0. The number of hydrogen-bond donors (Lipinski definition) is 1. The molecule has 0 aromatic rings. The summed E-state index contributed by atoms with van der Waals surface area (Å²) in [6.07, 6.45) is 2.86. The molecule has 1 N–H and O–H groups in total. The Hall–Kier alpha value is -0.0800. The quantitative estimate of drug-likeness (QED) is 0.626. The van der Waals surface area contributed by atoms with Gasteiger partial charge in [0.05, 0.1) is 12.7 Å². The summed E-state index contributed by atoms with van der Waals surface area (Å²) in [7, 11) is 0. The summed E-state index contributed by atoms with van der Waals surface area (Å²) in [6, 6.07) is 0.550. The number of rotatable bonds is 2. The minimum absolute atomic E-state index is 0.457. The molecule has 1 fully saturated rings. The maximum Gasteiger partial charge on any atom is 0.0725 e. The van der Waals surface area contributed by atoms with E-state index in [-0.39, 0.29) is 0 Å². The monoisotopic (exact) mass is 143 g/mol. The Balaban J connectivity index is 2.25. The lowest BCUT2D eigenvalue weighted by Crippen LogP contribution is -2.46. The van der Waals surface area contributed by atoms with E-state index in [1.165, 1.54) is 12.8 Å². The lowest BCUT2D eigenvalue weighted by molar-refractivity contribution is -0.00379. The van der Waals surface area contributed by atoms with Crippen molar-refractivity contribution in [2.24, 2.45) is 0 Å². The first-order valence-corrected chi connectivity index (χ1v) is 4.19. The molecule has 0 aliphatic carbocycles.